The van der Waals surface area contributed by atoms with Crippen molar-refractivity contribution in [3.63, 3.8) is 0 Å². The Morgan fingerprint density at radius 3 is 2.58 bits per heavy atom. The Bertz CT molecular complexity index is 1320. The molecule has 12 heteroatoms. The molecule has 1 aliphatic rings. The van der Waals surface area contributed by atoms with Crippen molar-refractivity contribution < 1.29 is 31.8 Å². The first kappa shape index (κ1) is 22.8. The van der Waals surface area contributed by atoms with E-state index in [4.69, 9.17) is 4.74 Å². The first-order valence-electron chi connectivity index (χ1n) is 9.48. The number of amides is 1. The van der Waals surface area contributed by atoms with E-state index in [2.05, 4.69) is 37.2 Å². The summed E-state index contributed by atoms with van der Waals surface area (Å²) in [5, 5.41) is 16.5. The van der Waals surface area contributed by atoms with Crippen molar-refractivity contribution >= 4 is 32.7 Å². The third-order valence-corrected chi connectivity index (χ3v) is 5.61. The van der Waals surface area contributed by atoms with Gasteiger partial charge in [-0.05, 0) is 24.3 Å². The number of aryl methyl sites for hydroxylation is 1. The molecule has 0 aliphatic heterocycles. The van der Waals surface area contributed by atoms with E-state index in [9.17, 15) is 27.6 Å². The molecular weight excluding hydrogens is 512 g/mol. The van der Waals surface area contributed by atoms with Crippen LogP contribution in [-0.4, -0.2) is 41.4 Å². The number of rotatable bonds is 6. The summed E-state index contributed by atoms with van der Waals surface area (Å²) in [7, 11) is 2.80. The number of halogens is 5. The molecule has 0 unspecified atom stereocenters. The second kappa shape index (κ2) is 8.22. The van der Waals surface area contributed by atoms with E-state index < -0.39 is 42.2 Å². The van der Waals surface area contributed by atoms with Crippen LogP contribution < -0.4 is 14.8 Å². The monoisotopic (exact) mass is 526 g/mol. The maximum absolute atomic E-state index is 13.3. The quantitative estimate of drug-likeness (QED) is 0.473. The fourth-order valence-electron chi connectivity index (χ4n) is 3.61. The van der Waals surface area contributed by atoms with Gasteiger partial charge in [0, 0.05) is 28.9 Å². The molecular formula is C21H15BrF4N4O3. The molecule has 1 N–H and O–H groups in total. The molecule has 1 saturated carbocycles. The lowest BCUT2D eigenvalue weighted by molar-refractivity contribution is -0.0502. The van der Waals surface area contributed by atoms with Crippen LogP contribution in [0.5, 0.6) is 11.5 Å². The minimum atomic E-state index is -3.30. The number of carbonyl (C=O) groups is 1. The highest BCUT2D eigenvalue weighted by atomic mass is 79.9. The molecule has 172 valence electrons. The number of aromatic nitrogens is 2. The van der Waals surface area contributed by atoms with Crippen molar-refractivity contribution in [1.29, 1.82) is 5.26 Å². The summed E-state index contributed by atoms with van der Waals surface area (Å²) in [5.41, 5.74) is 0.938. The first-order chi connectivity index (χ1) is 15.6. The predicted octanol–water partition coefficient (Wildman–Crippen LogP) is 4.62. The molecule has 0 spiro atoms. The lowest BCUT2D eigenvalue weighted by Crippen LogP contribution is -2.30. The van der Waals surface area contributed by atoms with Gasteiger partial charge in [-0.2, -0.15) is 19.1 Å². The maximum atomic E-state index is 13.3. The van der Waals surface area contributed by atoms with E-state index in [1.807, 2.05) is 0 Å². The Morgan fingerprint density at radius 2 is 2.00 bits per heavy atom. The zero-order valence-corrected chi connectivity index (χ0v) is 18.7. The largest absolute Gasteiger partial charge is 0.496 e. The lowest BCUT2D eigenvalue weighted by Gasteiger charge is -2.17. The summed E-state index contributed by atoms with van der Waals surface area (Å²) in [4.78, 5) is 12.7. The number of fused-ring (bicyclic) bond motifs is 1. The highest BCUT2D eigenvalue weighted by Crippen LogP contribution is 2.43. The molecule has 2 aromatic carbocycles. The van der Waals surface area contributed by atoms with Crippen molar-refractivity contribution in [2.75, 3.05) is 7.11 Å². The number of nitrogens with one attached hydrogen (secondary N) is 1. The van der Waals surface area contributed by atoms with Crippen molar-refractivity contribution in [3.05, 3.63) is 39.9 Å². The van der Waals surface area contributed by atoms with E-state index in [0.717, 1.165) is 6.07 Å². The second-order valence-corrected chi connectivity index (χ2v) is 8.27. The Hall–Kier alpha value is -3.33. The van der Waals surface area contributed by atoms with E-state index in [-0.39, 0.29) is 16.9 Å². The van der Waals surface area contributed by atoms with Gasteiger partial charge in [-0.25, -0.2) is 8.78 Å². The normalized spacial score (nSPS) is 16.5. The number of methoxy groups -OCH3 is 1. The third kappa shape index (κ3) is 4.20. The molecule has 4 rings (SSSR count). The van der Waals surface area contributed by atoms with Crippen LogP contribution in [0.3, 0.4) is 0 Å². The molecule has 1 aromatic heterocycles. The van der Waals surface area contributed by atoms with Gasteiger partial charge in [-0.15, -0.1) is 0 Å². The molecule has 33 heavy (non-hydrogen) atoms. The second-order valence-electron chi connectivity index (χ2n) is 7.35. The average molecular weight is 527 g/mol. The molecule has 1 heterocycles. The van der Waals surface area contributed by atoms with Gasteiger partial charge < -0.3 is 14.8 Å². The highest BCUT2D eigenvalue weighted by Gasteiger charge is 2.58. The summed E-state index contributed by atoms with van der Waals surface area (Å²) in [6, 6.07) is 6.48. The number of alkyl halides is 4. The van der Waals surface area contributed by atoms with E-state index >= 15 is 0 Å². The van der Waals surface area contributed by atoms with Gasteiger partial charge in [0.25, 0.3) is 11.8 Å². The van der Waals surface area contributed by atoms with Crippen LogP contribution >= 0.6 is 15.9 Å². The zero-order valence-electron chi connectivity index (χ0n) is 17.1. The smallest absolute Gasteiger partial charge is 0.387 e. The fraction of sp³-hybridized carbons (Fsp3) is 0.286. The van der Waals surface area contributed by atoms with E-state index in [1.165, 1.54) is 17.9 Å². The number of nitriles is 1. The van der Waals surface area contributed by atoms with E-state index in [1.54, 1.807) is 19.2 Å². The van der Waals surface area contributed by atoms with Crippen LogP contribution in [0.25, 0.3) is 22.2 Å². The van der Waals surface area contributed by atoms with Crippen LogP contribution in [0.1, 0.15) is 22.3 Å². The predicted molar refractivity (Wildman–Crippen MR) is 113 cm³/mol. The third-order valence-electron chi connectivity index (χ3n) is 5.15. The number of carbonyl (C=O) groups excluding carboxylic acids is 1. The number of ether oxygens (including phenoxy) is 2. The van der Waals surface area contributed by atoms with Crippen LogP contribution in [0, 0.1) is 11.3 Å². The number of hydrogen-bond donors (Lipinski definition) is 1. The molecule has 3 aromatic rings. The number of benzene rings is 2. The average Bonchev–Trinajstić information content (AvgIpc) is 3.18. The summed E-state index contributed by atoms with van der Waals surface area (Å²) in [6.07, 6.45) is -0.544. The van der Waals surface area contributed by atoms with Crippen LogP contribution in [0.4, 0.5) is 17.6 Å². The Morgan fingerprint density at radius 1 is 1.33 bits per heavy atom. The molecule has 1 amide bonds. The number of hydrogen-bond acceptors (Lipinski definition) is 5. The molecule has 7 nitrogen and oxygen atoms in total. The van der Waals surface area contributed by atoms with Crippen LogP contribution in [0.2, 0.25) is 0 Å². The summed E-state index contributed by atoms with van der Waals surface area (Å²) in [6.45, 7) is -3.30. The van der Waals surface area contributed by atoms with Crippen LogP contribution in [-0.2, 0) is 7.05 Å². The zero-order chi connectivity index (χ0) is 24.1. The molecule has 1 atom stereocenters. The van der Waals surface area contributed by atoms with E-state index in [0.29, 0.717) is 21.1 Å². The SMILES string of the molecule is COc1cc(-c2c3c(C#N)cc(Br)cc3nn2C)cc(OC(F)F)c1C(=O)N[C@@H]1CC1(F)F. The minimum Gasteiger partial charge on any atom is -0.496 e. The van der Waals surface area contributed by atoms with Crippen molar-refractivity contribution in [1.82, 2.24) is 15.1 Å². The maximum Gasteiger partial charge on any atom is 0.387 e. The van der Waals surface area contributed by atoms with Crippen molar-refractivity contribution in [3.8, 4) is 28.8 Å². The van der Waals surface area contributed by atoms with Gasteiger partial charge in [-0.3, -0.25) is 9.48 Å². The van der Waals surface area contributed by atoms with Crippen LogP contribution in [0.15, 0.2) is 28.7 Å². The molecule has 0 radical (unpaired) electrons. The molecule has 1 aliphatic carbocycles. The number of nitrogens with zero attached hydrogens (tertiary/aromatic N) is 3. The van der Waals surface area contributed by atoms with Gasteiger partial charge in [0.15, 0.2) is 0 Å². The van der Waals surface area contributed by atoms with Crippen molar-refractivity contribution in [2.24, 2.45) is 7.05 Å². The molecule has 1 fully saturated rings. The minimum absolute atomic E-state index is 0.172. The fourth-order valence-corrected chi connectivity index (χ4v) is 4.06. The topological polar surface area (TPSA) is 89.2 Å². The Balaban J connectivity index is 1.90. The van der Waals surface area contributed by atoms with Crippen molar-refractivity contribution in [2.45, 2.75) is 25.0 Å². The Kier molecular flexibility index (Phi) is 5.69. The van der Waals surface area contributed by atoms with Gasteiger partial charge in [0.05, 0.1) is 36.0 Å². The van der Waals surface area contributed by atoms with Gasteiger partial charge in [0.2, 0.25) is 0 Å². The summed E-state index contributed by atoms with van der Waals surface area (Å²) in [5.74, 6) is -4.82. The molecule has 0 saturated heterocycles. The highest BCUT2D eigenvalue weighted by molar-refractivity contribution is 9.10. The van der Waals surface area contributed by atoms with Gasteiger partial charge >= 0.3 is 6.61 Å². The first-order valence-corrected chi connectivity index (χ1v) is 10.3. The van der Waals surface area contributed by atoms with Gasteiger partial charge in [-0.1, -0.05) is 15.9 Å². The standard InChI is InChI=1S/C21H15BrF4N4O3/c1-30-18(16-10(8-27)3-11(22)6-12(16)29-30)9-4-13(32-2)17(14(5-9)33-20(23)24)19(31)28-15-7-21(15,25)26/h3-6,15,20H,7H2,1-2H3,(H,28,31)/t15-/m1/s1. The summed E-state index contributed by atoms with van der Waals surface area (Å²) >= 11 is 3.31. The van der Waals surface area contributed by atoms with Gasteiger partial charge in [0.1, 0.15) is 17.1 Å². The Labute approximate surface area is 193 Å². The molecule has 0 bridgehead atoms. The lowest BCUT2D eigenvalue weighted by atomic mass is 10.0. The summed E-state index contributed by atoms with van der Waals surface area (Å²) < 4.78 is 64.8.